The first kappa shape index (κ1) is 9.59. The summed E-state index contributed by atoms with van der Waals surface area (Å²) in [4.78, 5) is 12.7. The van der Waals surface area contributed by atoms with Gasteiger partial charge in [-0.3, -0.25) is 0 Å². The second-order valence-corrected chi connectivity index (χ2v) is 4.30. The third kappa shape index (κ3) is 2.10. The minimum absolute atomic E-state index is 0.173. The Balaban J connectivity index is 2.31. The van der Waals surface area contributed by atoms with Crippen molar-refractivity contribution in [2.24, 2.45) is 0 Å². The van der Waals surface area contributed by atoms with E-state index in [1.807, 2.05) is 11.4 Å². The third-order valence-corrected chi connectivity index (χ3v) is 2.92. The number of hydrogen-bond donors (Lipinski definition) is 1. The molecule has 0 aromatic carbocycles. The first-order chi connectivity index (χ1) is 6.90. The van der Waals surface area contributed by atoms with Crippen LogP contribution in [0.2, 0.25) is 5.79 Å². The molecule has 14 heavy (non-hydrogen) atoms. The summed E-state index contributed by atoms with van der Waals surface area (Å²) in [7, 11) is 0. The van der Waals surface area contributed by atoms with Crippen LogP contribution in [-0.4, -0.2) is 30.4 Å². The first-order valence-corrected chi connectivity index (χ1v) is 6.78. The van der Waals surface area contributed by atoms with Crippen molar-refractivity contribution in [3.63, 3.8) is 0 Å². The maximum Gasteiger partial charge on any atom is 0.367 e. The van der Waals surface area contributed by atoms with Crippen LogP contribution in [-0.2, 0) is 0 Å². The van der Waals surface area contributed by atoms with E-state index in [1.54, 1.807) is 23.7 Å². The fourth-order valence-corrected chi connectivity index (χ4v) is 2.03. The van der Waals surface area contributed by atoms with Crippen LogP contribution in [0.25, 0.3) is 10.7 Å². The number of anilines is 1. The summed E-state index contributed by atoms with van der Waals surface area (Å²) in [6.45, 7) is 0. The summed E-state index contributed by atoms with van der Waals surface area (Å²) < 4.78 is 3.15. The Morgan fingerprint density at radius 1 is 1.36 bits per heavy atom. The van der Waals surface area contributed by atoms with E-state index in [4.69, 9.17) is 0 Å². The van der Waals surface area contributed by atoms with Crippen LogP contribution in [0, 0.1) is 0 Å². The van der Waals surface area contributed by atoms with Crippen LogP contribution >= 0.6 is 11.3 Å². The number of rotatable bonds is 3. The highest BCUT2D eigenvalue weighted by Gasteiger charge is 2.02. The topological polar surface area (TPSA) is 50.7 Å². The van der Waals surface area contributed by atoms with Crippen LogP contribution < -0.4 is 4.30 Å². The highest BCUT2D eigenvalue weighted by molar-refractivity contribution is 7.13. The normalized spacial score (nSPS) is 9.79. The molecule has 0 fully saturated rings. The smallest absolute Gasteiger partial charge is 0.367 e. The molecular formula is C8H8AlN4S. The van der Waals surface area contributed by atoms with Crippen molar-refractivity contribution in [2.45, 2.75) is 5.79 Å². The van der Waals surface area contributed by atoms with Gasteiger partial charge in [-0.25, -0.2) is 15.0 Å². The van der Waals surface area contributed by atoms with E-state index in [2.05, 4.69) is 25.0 Å². The second-order valence-electron chi connectivity index (χ2n) is 2.54. The molecule has 1 N–H and O–H groups in total. The quantitative estimate of drug-likeness (QED) is 0.798. The van der Waals surface area contributed by atoms with Gasteiger partial charge in [0, 0.05) is 17.8 Å². The van der Waals surface area contributed by atoms with Crippen molar-refractivity contribution in [3.8, 4) is 10.7 Å². The van der Waals surface area contributed by atoms with Crippen LogP contribution in [0.15, 0.2) is 23.8 Å². The van der Waals surface area contributed by atoms with Crippen molar-refractivity contribution in [2.75, 3.05) is 4.30 Å². The average molecular weight is 219 g/mol. The summed E-state index contributed by atoms with van der Waals surface area (Å²) in [5.41, 5.74) is 0.880. The molecule has 0 spiro atoms. The molecule has 0 aliphatic heterocycles. The number of hydrogen-bond acceptors (Lipinski definition) is 5. The van der Waals surface area contributed by atoms with E-state index >= 15 is 0 Å². The molecule has 2 rings (SSSR count). The number of nitrogens with one attached hydrogen (secondary N) is 1. The highest BCUT2D eigenvalue weighted by atomic mass is 32.1. The third-order valence-electron chi connectivity index (χ3n) is 1.58. The van der Waals surface area contributed by atoms with Crippen molar-refractivity contribution in [1.82, 2.24) is 15.0 Å². The van der Waals surface area contributed by atoms with Gasteiger partial charge in [-0.05, 0) is 6.07 Å². The van der Waals surface area contributed by atoms with Gasteiger partial charge >= 0.3 is 15.4 Å². The molecule has 69 valence electrons. The zero-order chi connectivity index (χ0) is 9.80. The van der Waals surface area contributed by atoms with Gasteiger partial charge in [0.1, 0.15) is 10.7 Å². The zero-order valence-electron chi connectivity index (χ0n) is 7.64. The van der Waals surface area contributed by atoms with Crippen LogP contribution in [0.3, 0.4) is 0 Å². The van der Waals surface area contributed by atoms with Gasteiger partial charge in [-0.1, -0.05) is 5.79 Å². The van der Waals surface area contributed by atoms with E-state index in [-0.39, 0.29) is 15.4 Å². The maximum atomic E-state index is 4.35. The fourth-order valence-electron chi connectivity index (χ4n) is 1.03. The van der Waals surface area contributed by atoms with Gasteiger partial charge in [-0.15, -0.1) is 11.3 Å². The van der Waals surface area contributed by atoms with E-state index in [9.17, 15) is 0 Å². The Morgan fingerprint density at radius 3 is 3.00 bits per heavy atom. The van der Waals surface area contributed by atoms with E-state index < -0.39 is 0 Å². The molecule has 0 unspecified atom stereocenters. The van der Waals surface area contributed by atoms with Gasteiger partial charge in [0.15, 0.2) is 5.95 Å². The summed E-state index contributed by atoms with van der Waals surface area (Å²) in [5.74, 6) is 2.79. The Labute approximate surface area is 92.4 Å². The Hall–Kier alpha value is -0.958. The van der Waals surface area contributed by atoms with Crippen molar-refractivity contribution in [1.29, 1.82) is 0 Å². The minimum atomic E-state index is 0.173. The van der Waals surface area contributed by atoms with Gasteiger partial charge in [0.2, 0.25) is 0 Å². The monoisotopic (exact) mass is 219 g/mol. The minimum Gasteiger partial charge on any atom is -0.452 e. The first-order valence-electron chi connectivity index (χ1n) is 4.17. The van der Waals surface area contributed by atoms with E-state index in [1.165, 1.54) is 0 Å². The number of thiazole rings is 1. The van der Waals surface area contributed by atoms with E-state index in [0.717, 1.165) is 10.7 Å². The molecule has 0 atom stereocenters. The van der Waals surface area contributed by atoms with Gasteiger partial charge in [0.25, 0.3) is 0 Å². The largest absolute Gasteiger partial charge is 0.452 e. The van der Waals surface area contributed by atoms with Crippen molar-refractivity contribution >= 4 is 32.7 Å². The molecular weight excluding hydrogens is 211 g/mol. The summed E-state index contributed by atoms with van der Waals surface area (Å²) >= 11 is 1.75. The summed E-state index contributed by atoms with van der Waals surface area (Å²) in [6, 6.07) is 1.87. The van der Waals surface area contributed by atoms with Gasteiger partial charge < -0.3 is 4.30 Å². The molecule has 0 saturated carbocycles. The molecule has 0 aliphatic rings. The lowest BCUT2D eigenvalue weighted by molar-refractivity contribution is 1.18. The van der Waals surface area contributed by atoms with Gasteiger partial charge in [0.05, 0.1) is 0 Å². The summed E-state index contributed by atoms with van der Waals surface area (Å²) in [5, 5.41) is 2.87. The molecule has 2 heterocycles. The molecule has 2 aromatic rings. The number of aromatic nitrogens is 3. The van der Waals surface area contributed by atoms with Crippen LogP contribution in [0.1, 0.15) is 0 Å². The molecule has 0 saturated heterocycles. The average Bonchev–Trinajstić information content (AvgIpc) is 2.71. The second kappa shape index (κ2) is 4.51. The predicted molar refractivity (Wildman–Crippen MR) is 58.4 cm³/mol. The molecule has 0 aliphatic carbocycles. The molecule has 0 amide bonds. The predicted octanol–water partition coefficient (Wildman–Crippen LogP) is 1.68. The van der Waals surface area contributed by atoms with E-state index in [0.29, 0.717) is 5.95 Å². The number of nitrogens with zero attached hydrogens (tertiary/aromatic N) is 3. The maximum absolute atomic E-state index is 4.35. The lowest BCUT2D eigenvalue weighted by atomic mass is 10.4. The Morgan fingerprint density at radius 2 is 2.29 bits per heavy atom. The van der Waals surface area contributed by atoms with Crippen molar-refractivity contribution in [3.05, 3.63) is 23.8 Å². The molecule has 6 heteroatoms. The SMILES string of the molecule is [CH3][Al][NH]c1nccc(-c2nccs2)n1. The summed E-state index contributed by atoms with van der Waals surface area (Å²) in [6.07, 6.45) is 3.53. The lowest BCUT2D eigenvalue weighted by Crippen LogP contribution is -2.05. The molecule has 1 radical (unpaired) electrons. The zero-order valence-corrected chi connectivity index (χ0v) is 9.61. The van der Waals surface area contributed by atoms with Crippen LogP contribution in [0.4, 0.5) is 5.95 Å². The Bertz CT molecular complexity index is 403. The molecule has 2 aromatic heterocycles. The lowest BCUT2D eigenvalue weighted by Gasteiger charge is -2.01. The Kier molecular flexibility index (Phi) is 3.09. The highest BCUT2D eigenvalue weighted by Crippen LogP contribution is 2.19. The van der Waals surface area contributed by atoms with Crippen molar-refractivity contribution < 1.29 is 0 Å². The van der Waals surface area contributed by atoms with Gasteiger partial charge in [-0.2, -0.15) is 0 Å². The standard InChI is InChI=1S/C7H5N4S.CH3.Al/c8-7-10-2-1-5(11-7)6-9-3-4-12-6;;/h1-4H,(H-,8,10,11);1H3;/q-1;;+1. The van der Waals surface area contributed by atoms with Crippen LogP contribution in [0.5, 0.6) is 0 Å². The molecule has 0 bridgehead atoms. The molecule has 4 nitrogen and oxygen atoms in total. The fraction of sp³-hybridized carbons (Fsp3) is 0.125.